The van der Waals surface area contributed by atoms with Crippen molar-refractivity contribution in [3.8, 4) is 0 Å². The van der Waals surface area contributed by atoms with E-state index in [1.807, 2.05) is 60.7 Å². The number of aliphatic hydroxyl groups is 1. The van der Waals surface area contributed by atoms with Gasteiger partial charge in [0.2, 0.25) is 5.91 Å². The summed E-state index contributed by atoms with van der Waals surface area (Å²) in [6, 6.07) is 25.5. The van der Waals surface area contributed by atoms with E-state index in [2.05, 4.69) is 10.6 Å². The second-order valence-electron chi connectivity index (χ2n) is 7.66. The first-order chi connectivity index (χ1) is 14.6. The highest BCUT2D eigenvalue weighted by atomic mass is 19.1. The summed E-state index contributed by atoms with van der Waals surface area (Å²) in [5.74, 6) is -0.913. The largest absolute Gasteiger partial charge is 0.390 e. The van der Waals surface area contributed by atoms with Crippen molar-refractivity contribution in [2.75, 3.05) is 13.1 Å². The molecule has 1 heterocycles. The zero-order chi connectivity index (χ0) is 20.9. The average Bonchev–Trinajstić information content (AvgIpc) is 3.17. The Morgan fingerprint density at radius 2 is 1.63 bits per heavy atom. The number of rotatable bonds is 6. The molecule has 4 nitrogen and oxygen atoms in total. The minimum Gasteiger partial charge on any atom is -0.390 e. The van der Waals surface area contributed by atoms with E-state index < -0.39 is 12.1 Å². The molecule has 0 aliphatic carbocycles. The quantitative estimate of drug-likeness (QED) is 0.591. The molecular formula is C25H25FN2O2. The molecule has 4 rings (SSSR count). The summed E-state index contributed by atoms with van der Waals surface area (Å²) in [5.41, 5.74) is 2.92. The van der Waals surface area contributed by atoms with Crippen LogP contribution in [0.5, 0.6) is 0 Å². The number of halogens is 1. The fourth-order valence-electron chi connectivity index (χ4n) is 4.14. The molecule has 1 aliphatic heterocycles. The second kappa shape index (κ2) is 9.20. The molecule has 3 atom stereocenters. The number of hydrogen-bond acceptors (Lipinski definition) is 3. The molecule has 1 saturated heterocycles. The number of carbonyl (C=O) groups is 1. The summed E-state index contributed by atoms with van der Waals surface area (Å²) in [5, 5.41) is 16.8. The molecular weight excluding hydrogens is 379 g/mol. The van der Waals surface area contributed by atoms with Gasteiger partial charge in [0.15, 0.2) is 0 Å². The van der Waals surface area contributed by atoms with Gasteiger partial charge in [0.1, 0.15) is 11.9 Å². The van der Waals surface area contributed by atoms with Gasteiger partial charge in [0.05, 0.1) is 6.10 Å². The number of carbonyl (C=O) groups excluding carboxylic acids is 1. The van der Waals surface area contributed by atoms with E-state index in [0.717, 1.165) is 11.1 Å². The summed E-state index contributed by atoms with van der Waals surface area (Å²) < 4.78 is 13.6. The molecule has 3 aromatic carbocycles. The number of benzene rings is 3. The maximum Gasteiger partial charge on any atom is 0.239 e. The lowest BCUT2D eigenvalue weighted by Gasteiger charge is -2.22. The van der Waals surface area contributed by atoms with E-state index in [1.165, 1.54) is 12.1 Å². The van der Waals surface area contributed by atoms with Crippen LogP contribution in [0.4, 0.5) is 4.39 Å². The van der Waals surface area contributed by atoms with Gasteiger partial charge >= 0.3 is 0 Å². The Morgan fingerprint density at radius 1 is 1.00 bits per heavy atom. The molecule has 0 spiro atoms. The highest BCUT2D eigenvalue weighted by Gasteiger charge is 2.39. The molecule has 3 N–H and O–H groups in total. The molecule has 0 saturated carbocycles. The second-order valence-corrected chi connectivity index (χ2v) is 7.66. The number of amides is 1. The van der Waals surface area contributed by atoms with E-state index in [9.17, 15) is 14.3 Å². The lowest BCUT2D eigenvalue weighted by Crippen LogP contribution is -2.47. The van der Waals surface area contributed by atoms with E-state index in [0.29, 0.717) is 18.7 Å². The zero-order valence-corrected chi connectivity index (χ0v) is 16.5. The standard InChI is InChI=1S/C25H25FN2O2/c26-20-13-7-12-19(14-20)22-16-27-23(24(22)29)25(30)28-15-21(17-8-3-1-4-9-17)18-10-5-2-6-11-18/h1-14,21-24,27,29H,15-16H2,(H,28,30)/t22-,23+,24-/m1/s1. The van der Waals surface area contributed by atoms with E-state index >= 15 is 0 Å². The van der Waals surface area contributed by atoms with Gasteiger partial charge in [-0.25, -0.2) is 4.39 Å². The van der Waals surface area contributed by atoms with Crippen LogP contribution in [-0.2, 0) is 4.79 Å². The Bertz CT molecular complexity index is 941. The van der Waals surface area contributed by atoms with Crippen LogP contribution < -0.4 is 10.6 Å². The van der Waals surface area contributed by atoms with Gasteiger partial charge in [-0.15, -0.1) is 0 Å². The van der Waals surface area contributed by atoms with Crippen molar-refractivity contribution in [1.82, 2.24) is 10.6 Å². The Labute approximate surface area is 175 Å². The van der Waals surface area contributed by atoms with E-state index in [1.54, 1.807) is 12.1 Å². The van der Waals surface area contributed by atoms with Crippen LogP contribution in [-0.4, -0.2) is 36.2 Å². The third-order valence-corrected chi connectivity index (χ3v) is 5.76. The summed E-state index contributed by atoms with van der Waals surface area (Å²) in [4.78, 5) is 12.9. The average molecular weight is 404 g/mol. The topological polar surface area (TPSA) is 61.4 Å². The third-order valence-electron chi connectivity index (χ3n) is 5.76. The van der Waals surface area contributed by atoms with Crippen molar-refractivity contribution in [2.24, 2.45) is 0 Å². The SMILES string of the molecule is O=C(NCC(c1ccccc1)c1ccccc1)[C@H]1NC[C@H](c2cccc(F)c2)[C@H]1O. The fourth-order valence-corrected chi connectivity index (χ4v) is 4.14. The van der Waals surface area contributed by atoms with Crippen LogP contribution in [0.3, 0.4) is 0 Å². The minimum absolute atomic E-state index is 0.00825. The minimum atomic E-state index is -0.918. The highest BCUT2D eigenvalue weighted by molar-refractivity contribution is 5.83. The van der Waals surface area contributed by atoms with Crippen molar-refractivity contribution in [2.45, 2.75) is 24.0 Å². The number of nitrogens with one attached hydrogen (secondary N) is 2. The maximum absolute atomic E-state index is 13.6. The molecule has 3 aromatic rings. The Hall–Kier alpha value is -3.02. The van der Waals surface area contributed by atoms with Crippen LogP contribution in [0.2, 0.25) is 0 Å². The Morgan fingerprint density at radius 3 is 2.23 bits per heavy atom. The van der Waals surface area contributed by atoms with Crippen molar-refractivity contribution in [3.05, 3.63) is 107 Å². The molecule has 1 aliphatic rings. The number of aliphatic hydroxyl groups excluding tert-OH is 1. The van der Waals surface area contributed by atoms with Crippen molar-refractivity contribution >= 4 is 5.91 Å². The molecule has 0 unspecified atom stereocenters. The predicted molar refractivity (Wildman–Crippen MR) is 115 cm³/mol. The van der Waals surface area contributed by atoms with Gasteiger partial charge < -0.3 is 15.7 Å². The first-order valence-electron chi connectivity index (χ1n) is 10.2. The highest BCUT2D eigenvalue weighted by Crippen LogP contribution is 2.28. The van der Waals surface area contributed by atoms with Gasteiger partial charge in [-0.05, 0) is 28.8 Å². The third kappa shape index (κ3) is 4.42. The molecule has 5 heteroatoms. The molecule has 0 aromatic heterocycles. The van der Waals surface area contributed by atoms with Gasteiger partial charge in [-0.2, -0.15) is 0 Å². The van der Waals surface area contributed by atoms with Crippen LogP contribution in [0.15, 0.2) is 84.9 Å². The van der Waals surface area contributed by atoms with Crippen molar-refractivity contribution < 1.29 is 14.3 Å². The Kier molecular flexibility index (Phi) is 6.21. The monoisotopic (exact) mass is 404 g/mol. The van der Waals surface area contributed by atoms with Gasteiger partial charge in [0, 0.05) is 24.9 Å². The fraction of sp³-hybridized carbons (Fsp3) is 0.240. The summed E-state index contributed by atoms with van der Waals surface area (Å²) in [6.07, 6.45) is -0.918. The van der Waals surface area contributed by atoms with Gasteiger partial charge in [0.25, 0.3) is 0 Å². The normalized spacial score (nSPS) is 21.0. The van der Waals surface area contributed by atoms with E-state index in [4.69, 9.17) is 0 Å². The molecule has 154 valence electrons. The molecule has 0 bridgehead atoms. The molecule has 30 heavy (non-hydrogen) atoms. The van der Waals surface area contributed by atoms with Crippen LogP contribution in [0.25, 0.3) is 0 Å². The summed E-state index contributed by atoms with van der Waals surface area (Å²) >= 11 is 0. The van der Waals surface area contributed by atoms with Gasteiger partial charge in [-0.1, -0.05) is 72.8 Å². The lowest BCUT2D eigenvalue weighted by molar-refractivity contribution is -0.124. The summed E-state index contributed by atoms with van der Waals surface area (Å²) in [6.45, 7) is 0.839. The van der Waals surface area contributed by atoms with Crippen molar-refractivity contribution in [1.29, 1.82) is 0 Å². The zero-order valence-electron chi connectivity index (χ0n) is 16.5. The molecule has 1 amide bonds. The molecule has 1 fully saturated rings. The summed E-state index contributed by atoms with van der Waals surface area (Å²) in [7, 11) is 0. The first kappa shape index (κ1) is 20.3. The lowest BCUT2D eigenvalue weighted by atomic mass is 9.90. The maximum atomic E-state index is 13.6. The van der Waals surface area contributed by atoms with Gasteiger partial charge in [-0.3, -0.25) is 4.79 Å². The van der Waals surface area contributed by atoms with Crippen LogP contribution in [0.1, 0.15) is 28.5 Å². The van der Waals surface area contributed by atoms with Crippen molar-refractivity contribution in [3.63, 3.8) is 0 Å². The Balaban J connectivity index is 1.45. The smallest absolute Gasteiger partial charge is 0.239 e. The predicted octanol–water partition coefficient (Wildman–Crippen LogP) is 3.19. The van der Waals surface area contributed by atoms with Crippen LogP contribution in [0, 0.1) is 5.82 Å². The molecule has 0 radical (unpaired) electrons. The number of hydrogen-bond donors (Lipinski definition) is 3. The van der Waals surface area contributed by atoms with Crippen LogP contribution >= 0.6 is 0 Å². The van der Waals surface area contributed by atoms with E-state index in [-0.39, 0.29) is 23.6 Å². The first-order valence-corrected chi connectivity index (χ1v) is 10.2.